The van der Waals surface area contributed by atoms with E-state index in [9.17, 15) is 4.39 Å². The lowest BCUT2D eigenvalue weighted by Gasteiger charge is -2.19. The number of para-hydroxylation sites is 1. The Morgan fingerprint density at radius 3 is 2.45 bits per heavy atom. The Bertz CT molecular complexity index is 586. The zero-order valence-corrected chi connectivity index (χ0v) is 11.8. The van der Waals surface area contributed by atoms with Gasteiger partial charge in [0.25, 0.3) is 0 Å². The minimum absolute atomic E-state index is 0.0900. The van der Waals surface area contributed by atoms with Gasteiger partial charge in [0.1, 0.15) is 17.3 Å². The van der Waals surface area contributed by atoms with Gasteiger partial charge >= 0.3 is 0 Å². The molecule has 0 bridgehead atoms. The Morgan fingerprint density at radius 1 is 1.05 bits per heavy atom. The van der Waals surface area contributed by atoms with Gasteiger partial charge in [0, 0.05) is 11.6 Å². The van der Waals surface area contributed by atoms with E-state index in [2.05, 4.69) is 5.32 Å². The molecule has 0 aliphatic carbocycles. The third-order valence-electron chi connectivity index (χ3n) is 3.15. The minimum atomic E-state index is -0.271. The molecule has 4 heteroatoms. The van der Waals surface area contributed by atoms with Crippen LogP contribution in [0.25, 0.3) is 0 Å². The summed E-state index contributed by atoms with van der Waals surface area (Å²) >= 11 is 0. The zero-order valence-electron chi connectivity index (χ0n) is 11.8. The first-order chi connectivity index (χ1) is 9.65. The topological polar surface area (TPSA) is 30.5 Å². The van der Waals surface area contributed by atoms with Gasteiger partial charge in [-0.15, -0.1) is 0 Å². The molecular formula is C16H18FNO2. The first kappa shape index (κ1) is 14.2. The number of anilines is 1. The summed E-state index contributed by atoms with van der Waals surface area (Å²) in [5.41, 5.74) is 1.41. The van der Waals surface area contributed by atoms with E-state index in [1.54, 1.807) is 32.4 Å². The van der Waals surface area contributed by atoms with Crippen LogP contribution in [-0.2, 0) is 0 Å². The second-order valence-corrected chi connectivity index (χ2v) is 4.45. The fraction of sp³-hybridized carbons (Fsp3) is 0.250. The van der Waals surface area contributed by atoms with Crippen LogP contribution in [0.2, 0.25) is 0 Å². The van der Waals surface area contributed by atoms with Crippen LogP contribution < -0.4 is 14.8 Å². The van der Waals surface area contributed by atoms with Crippen LogP contribution in [0.4, 0.5) is 10.1 Å². The highest BCUT2D eigenvalue weighted by Gasteiger charge is 2.13. The van der Waals surface area contributed by atoms with Crippen LogP contribution in [0.5, 0.6) is 11.5 Å². The van der Waals surface area contributed by atoms with E-state index in [-0.39, 0.29) is 11.9 Å². The summed E-state index contributed by atoms with van der Waals surface area (Å²) in [6.07, 6.45) is 0. The van der Waals surface area contributed by atoms with Crippen molar-refractivity contribution in [3.63, 3.8) is 0 Å². The maximum atomic E-state index is 13.7. The third kappa shape index (κ3) is 3.02. The van der Waals surface area contributed by atoms with Gasteiger partial charge in [-0.2, -0.15) is 0 Å². The van der Waals surface area contributed by atoms with E-state index < -0.39 is 0 Å². The number of hydrogen-bond acceptors (Lipinski definition) is 3. The highest BCUT2D eigenvalue weighted by Crippen LogP contribution is 2.31. The van der Waals surface area contributed by atoms with Gasteiger partial charge in [-0.3, -0.25) is 0 Å². The molecule has 0 heterocycles. The van der Waals surface area contributed by atoms with Crippen molar-refractivity contribution < 1.29 is 13.9 Å². The molecule has 2 aromatic rings. The SMILES string of the molecule is COc1ccc(C(C)Nc2ccccc2F)c(OC)c1. The fourth-order valence-corrected chi connectivity index (χ4v) is 2.07. The number of rotatable bonds is 5. The van der Waals surface area contributed by atoms with Crippen LogP contribution in [0.15, 0.2) is 42.5 Å². The Balaban J connectivity index is 2.25. The van der Waals surface area contributed by atoms with Crippen molar-refractivity contribution >= 4 is 5.69 Å². The highest BCUT2D eigenvalue weighted by atomic mass is 19.1. The van der Waals surface area contributed by atoms with Crippen molar-refractivity contribution in [2.24, 2.45) is 0 Å². The quantitative estimate of drug-likeness (QED) is 0.894. The van der Waals surface area contributed by atoms with Crippen LogP contribution in [0, 0.1) is 5.82 Å². The Kier molecular flexibility index (Phi) is 4.45. The van der Waals surface area contributed by atoms with Gasteiger partial charge in [-0.1, -0.05) is 12.1 Å². The second-order valence-electron chi connectivity index (χ2n) is 4.45. The van der Waals surface area contributed by atoms with Gasteiger partial charge in [0.2, 0.25) is 0 Å². The molecular weight excluding hydrogens is 257 g/mol. The van der Waals surface area contributed by atoms with Crippen LogP contribution in [-0.4, -0.2) is 14.2 Å². The smallest absolute Gasteiger partial charge is 0.146 e. The number of methoxy groups -OCH3 is 2. The van der Waals surface area contributed by atoms with Crippen LogP contribution >= 0.6 is 0 Å². The summed E-state index contributed by atoms with van der Waals surface area (Å²) < 4.78 is 24.2. The molecule has 2 aromatic carbocycles. The minimum Gasteiger partial charge on any atom is -0.497 e. The maximum absolute atomic E-state index is 13.7. The molecule has 2 rings (SSSR count). The van der Waals surface area contributed by atoms with Crippen LogP contribution in [0.3, 0.4) is 0 Å². The van der Waals surface area contributed by atoms with Crippen LogP contribution in [0.1, 0.15) is 18.5 Å². The van der Waals surface area contributed by atoms with Gasteiger partial charge in [0.05, 0.1) is 25.9 Å². The van der Waals surface area contributed by atoms with E-state index in [1.807, 2.05) is 25.1 Å². The molecule has 106 valence electrons. The van der Waals surface area contributed by atoms with E-state index in [0.717, 1.165) is 11.3 Å². The van der Waals surface area contributed by atoms with E-state index >= 15 is 0 Å². The van der Waals surface area contributed by atoms with Crippen molar-refractivity contribution in [2.45, 2.75) is 13.0 Å². The first-order valence-corrected chi connectivity index (χ1v) is 6.38. The number of benzene rings is 2. The average Bonchev–Trinajstić information content (AvgIpc) is 2.48. The van der Waals surface area contributed by atoms with Crippen molar-refractivity contribution in [2.75, 3.05) is 19.5 Å². The lowest BCUT2D eigenvalue weighted by atomic mass is 10.1. The largest absolute Gasteiger partial charge is 0.497 e. The molecule has 0 aliphatic heterocycles. The predicted octanol–water partition coefficient (Wildman–Crippen LogP) is 4.02. The first-order valence-electron chi connectivity index (χ1n) is 6.38. The monoisotopic (exact) mass is 275 g/mol. The molecule has 0 aliphatic rings. The van der Waals surface area contributed by atoms with Crippen molar-refractivity contribution in [1.29, 1.82) is 0 Å². The van der Waals surface area contributed by atoms with Crippen molar-refractivity contribution in [3.05, 3.63) is 53.8 Å². The number of ether oxygens (including phenoxy) is 2. The van der Waals surface area contributed by atoms with Gasteiger partial charge in [0.15, 0.2) is 0 Å². The molecule has 0 aromatic heterocycles. The highest BCUT2D eigenvalue weighted by molar-refractivity contribution is 5.50. The molecule has 1 atom stereocenters. The lowest BCUT2D eigenvalue weighted by molar-refractivity contribution is 0.390. The molecule has 0 radical (unpaired) electrons. The standard InChI is InChI=1S/C16H18FNO2/c1-11(18-15-7-5-4-6-14(15)17)13-9-8-12(19-2)10-16(13)20-3/h4-11,18H,1-3H3. The summed E-state index contributed by atoms with van der Waals surface area (Å²) in [7, 11) is 3.21. The normalized spacial score (nSPS) is 11.8. The Labute approximate surface area is 118 Å². The maximum Gasteiger partial charge on any atom is 0.146 e. The molecule has 1 unspecified atom stereocenters. The fourth-order valence-electron chi connectivity index (χ4n) is 2.07. The Hall–Kier alpha value is -2.23. The second kappa shape index (κ2) is 6.28. The molecule has 0 spiro atoms. The molecule has 3 nitrogen and oxygen atoms in total. The zero-order chi connectivity index (χ0) is 14.5. The summed E-state index contributed by atoms with van der Waals surface area (Å²) in [5, 5.41) is 3.14. The number of nitrogens with one attached hydrogen (secondary N) is 1. The summed E-state index contributed by atoms with van der Waals surface area (Å²) in [6, 6.07) is 12.1. The summed E-state index contributed by atoms with van der Waals surface area (Å²) in [4.78, 5) is 0. The predicted molar refractivity (Wildman–Crippen MR) is 78.0 cm³/mol. The lowest BCUT2D eigenvalue weighted by Crippen LogP contribution is -2.09. The Morgan fingerprint density at radius 2 is 1.80 bits per heavy atom. The number of halogens is 1. The summed E-state index contributed by atoms with van der Waals surface area (Å²) in [5.74, 6) is 1.16. The van der Waals surface area contributed by atoms with E-state index in [0.29, 0.717) is 11.4 Å². The summed E-state index contributed by atoms with van der Waals surface area (Å²) in [6.45, 7) is 1.96. The number of hydrogen-bond donors (Lipinski definition) is 1. The van der Waals surface area contributed by atoms with E-state index in [1.165, 1.54) is 6.07 Å². The van der Waals surface area contributed by atoms with Crippen molar-refractivity contribution in [1.82, 2.24) is 0 Å². The average molecular weight is 275 g/mol. The third-order valence-corrected chi connectivity index (χ3v) is 3.15. The van der Waals surface area contributed by atoms with E-state index in [4.69, 9.17) is 9.47 Å². The molecule has 0 saturated carbocycles. The molecule has 1 N–H and O–H groups in total. The molecule has 0 saturated heterocycles. The van der Waals surface area contributed by atoms with Gasteiger partial charge < -0.3 is 14.8 Å². The van der Waals surface area contributed by atoms with Gasteiger partial charge in [-0.25, -0.2) is 4.39 Å². The molecule has 20 heavy (non-hydrogen) atoms. The molecule has 0 amide bonds. The molecule has 0 fully saturated rings. The van der Waals surface area contributed by atoms with Gasteiger partial charge in [-0.05, 0) is 31.2 Å². The van der Waals surface area contributed by atoms with Crippen molar-refractivity contribution in [3.8, 4) is 11.5 Å².